The topological polar surface area (TPSA) is 55.0 Å². The summed E-state index contributed by atoms with van der Waals surface area (Å²) in [6.45, 7) is 7.30. The highest BCUT2D eigenvalue weighted by Crippen LogP contribution is 2.26. The molecule has 1 unspecified atom stereocenters. The lowest BCUT2D eigenvalue weighted by Gasteiger charge is -2.22. The van der Waals surface area contributed by atoms with Gasteiger partial charge in [0.25, 0.3) is 0 Å². The van der Waals surface area contributed by atoms with Crippen molar-refractivity contribution in [3.05, 3.63) is 18.1 Å². The molecule has 1 aliphatic rings. The van der Waals surface area contributed by atoms with Gasteiger partial charge < -0.3 is 10.6 Å². The Morgan fingerprint density at radius 2 is 2.17 bits per heavy atom. The van der Waals surface area contributed by atoms with Crippen LogP contribution in [0.25, 0.3) is 0 Å². The molecule has 1 atom stereocenters. The molecule has 0 bridgehead atoms. The Labute approximate surface area is 110 Å². The summed E-state index contributed by atoms with van der Waals surface area (Å²) < 4.78 is 0. The third-order valence-corrected chi connectivity index (χ3v) is 3.92. The highest BCUT2D eigenvalue weighted by atomic mass is 15.2. The standard InChI is InChI=1S/C14H24N4/c1-11(2)12-4-3-6-18(7-5-12)14-10-16-9-13(8-15)17-14/h9-12H,3-8,15H2,1-2H3. The molecule has 4 heteroatoms. The molecule has 2 N–H and O–H groups in total. The van der Waals surface area contributed by atoms with Crippen molar-refractivity contribution in [1.82, 2.24) is 9.97 Å². The van der Waals surface area contributed by atoms with Crippen LogP contribution in [0.1, 0.15) is 38.8 Å². The molecule has 1 saturated heterocycles. The highest BCUT2D eigenvalue weighted by molar-refractivity contribution is 5.36. The predicted molar refractivity (Wildman–Crippen MR) is 74.3 cm³/mol. The zero-order valence-electron chi connectivity index (χ0n) is 11.5. The molecule has 0 radical (unpaired) electrons. The maximum atomic E-state index is 5.62. The van der Waals surface area contributed by atoms with Crippen LogP contribution in [0.4, 0.5) is 5.82 Å². The first-order chi connectivity index (χ1) is 8.70. The molecule has 100 valence electrons. The zero-order chi connectivity index (χ0) is 13.0. The largest absolute Gasteiger partial charge is 0.355 e. The second-order valence-electron chi connectivity index (χ2n) is 5.49. The van der Waals surface area contributed by atoms with E-state index in [9.17, 15) is 0 Å². The Kier molecular flexibility index (Phi) is 4.53. The normalized spacial score (nSPS) is 21.1. The summed E-state index contributed by atoms with van der Waals surface area (Å²) in [5, 5.41) is 0. The van der Waals surface area contributed by atoms with E-state index in [4.69, 9.17) is 5.73 Å². The van der Waals surface area contributed by atoms with E-state index in [2.05, 4.69) is 28.7 Å². The fourth-order valence-electron chi connectivity index (χ4n) is 2.66. The molecule has 1 fully saturated rings. The number of nitrogens with two attached hydrogens (primary N) is 1. The molecule has 0 amide bonds. The second kappa shape index (κ2) is 6.14. The molecule has 2 heterocycles. The SMILES string of the molecule is CC(C)C1CCCN(c2cncc(CN)n2)CC1. The van der Waals surface area contributed by atoms with Crippen LogP contribution < -0.4 is 10.6 Å². The molecule has 18 heavy (non-hydrogen) atoms. The van der Waals surface area contributed by atoms with Crippen molar-refractivity contribution in [2.24, 2.45) is 17.6 Å². The summed E-state index contributed by atoms with van der Waals surface area (Å²) in [7, 11) is 0. The van der Waals surface area contributed by atoms with Gasteiger partial charge in [-0.2, -0.15) is 0 Å². The van der Waals surface area contributed by atoms with Gasteiger partial charge in [-0.3, -0.25) is 4.98 Å². The number of nitrogens with zero attached hydrogens (tertiary/aromatic N) is 3. The first kappa shape index (κ1) is 13.3. The molecule has 0 saturated carbocycles. The first-order valence-corrected chi connectivity index (χ1v) is 6.96. The number of hydrogen-bond donors (Lipinski definition) is 1. The molecule has 2 rings (SSSR count). The van der Waals surface area contributed by atoms with Crippen LogP contribution in [0, 0.1) is 11.8 Å². The third-order valence-electron chi connectivity index (χ3n) is 3.92. The fraction of sp³-hybridized carbons (Fsp3) is 0.714. The van der Waals surface area contributed by atoms with Crippen LogP contribution in [0.3, 0.4) is 0 Å². The van der Waals surface area contributed by atoms with Crippen molar-refractivity contribution in [3.8, 4) is 0 Å². The maximum absolute atomic E-state index is 5.62. The minimum Gasteiger partial charge on any atom is -0.355 e. The van der Waals surface area contributed by atoms with Gasteiger partial charge in [-0.05, 0) is 31.1 Å². The Morgan fingerprint density at radius 3 is 2.89 bits per heavy atom. The summed E-state index contributed by atoms with van der Waals surface area (Å²) in [6.07, 6.45) is 7.44. The molecular formula is C14H24N4. The van der Waals surface area contributed by atoms with Gasteiger partial charge in [-0.15, -0.1) is 0 Å². The minimum absolute atomic E-state index is 0.462. The van der Waals surface area contributed by atoms with Crippen LogP contribution in [-0.2, 0) is 6.54 Å². The Bertz CT molecular complexity index is 378. The van der Waals surface area contributed by atoms with Gasteiger partial charge in [0.05, 0.1) is 11.9 Å². The van der Waals surface area contributed by atoms with Gasteiger partial charge in [0.2, 0.25) is 0 Å². The number of aromatic nitrogens is 2. The quantitative estimate of drug-likeness (QED) is 0.891. The average molecular weight is 248 g/mol. The van der Waals surface area contributed by atoms with E-state index in [-0.39, 0.29) is 0 Å². The molecule has 0 aliphatic carbocycles. The zero-order valence-corrected chi connectivity index (χ0v) is 11.5. The lowest BCUT2D eigenvalue weighted by molar-refractivity contribution is 0.351. The van der Waals surface area contributed by atoms with Crippen molar-refractivity contribution in [1.29, 1.82) is 0 Å². The molecule has 0 aromatic carbocycles. The van der Waals surface area contributed by atoms with E-state index in [1.165, 1.54) is 19.3 Å². The van der Waals surface area contributed by atoms with E-state index in [0.29, 0.717) is 6.54 Å². The van der Waals surface area contributed by atoms with E-state index in [0.717, 1.165) is 36.4 Å². The van der Waals surface area contributed by atoms with Crippen LogP contribution in [0.2, 0.25) is 0 Å². The predicted octanol–water partition coefficient (Wildman–Crippen LogP) is 2.20. The summed E-state index contributed by atoms with van der Waals surface area (Å²) in [5.74, 6) is 2.62. The van der Waals surface area contributed by atoms with E-state index in [1.54, 1.807) is 6.20 Å². The van der Waals surface area contributed by atoms with Gasteiger partial charge in [0.1, 0.15) is 5.82 Å². The summed E-state index contributed by atoms with van der Waals surface area (Å²) >= 11 is 0. The van der Waals surface area contributed by atoms with Gasteiger partial charge in [-0.25, -0.2) is 4.98 Å². The monoisotopic (exact) mass is 248 g/mol. The smallest absolute Gasteiger partial charge is 0.147 e. The summed E-state index contributed by atoms with van der Waals surface area (Å²) in [6, 6.07) is 0. The summed E-state index contributed by atoms with van der Waals surface area (Å²) in [5.41, 5.74) is 6.49. The summed E-state index contributed by atoms with van der Waals surface area (Å²) in [4.78, 5) is 11.2. The molecule has 4 nitrogen and oxygen atoms in total. The lowest BCUT2D eigenvalue weighted by atomic mass is 9.89. The number of hydrogen-bond acceptors (Lipinski definition) is 4. The highest BCUT2D eigenvalue weighted by Gasteiger charge is 2.20. The first-order valence-electron chi connectivity index (χ1n) is 6.96. The van der Waals surface area contributed by atoms with Crippen molar-refractivity contribution in [2.45, 2.75) is 39.7 Å². The van der Waals surface area contributed by atoms with Crippen LogP contribution in [0.15, 0.2) is 12.4 Å². The van der Waals surface area contributed by atoms with Crippen molar-refractivity contribution >= 4 is 5.82 Å². The lowest BCUT2D eigenvalue weighted by Crippen LogP contribution is -2.26. The van der Waals surface area contributed by atoms with Crippen LogP contribution in [-0.4, -0.2) is 23.1 Å². The fourth-order valence-corrected chi connectivity index (χ4v) is 2.66. The minimum atomic E-state index is 0.462. The molecule has 1 aliphatic heterocycles. The van der Waals surface area contributed by atoms with Crippen LogP contribution >= 0.6 is 0 Å². The number of rotatable bonds is 3. The third kappa shape index (κ3) is 3.19. The molecule has 1 aromatic heterocycles. The van der Waals surface area contributed by atoms with Crippen LogP contribution in [0.5, 0.6) is 0 Å². The van der Waals surface area contributed by atoms with E-state index in [1.807, 2.05) is 6.20 Å². The average Bonchev–Trinajstić information content (AvgIpc) is 2.64. The van der Waals surface area contributed by atoms with Gasteiger partial charge in [0, 0.05) is 25.8 Å². The maximum Gasteiger partial charge on any atom is 0.147 e. The van der Waals surface area contributed by atoms with Gasteiger partial charge >= 0.3 is 0 Å². The van der Waals surface area contributed by atoms with Gasteiger partial charge in [-0.1, -0.05) is 13.8 Å². The van der Waals surface area contributed by atoms with Crippen molar-refractivity contribution in [2.75, 3.05) is 18.0 Å². The molecule has 0 spiro atoms. The number of anilines is 1. The molecular weight excluding hydrogens is 224 g/mol. The Hall–Kier alpha value is -1.16. The van der Waals surface area contributed by atoms with Crippen molar-refractivity contribution in [3.63, 3.8) is 0 Å². The second-order valence-corrected chi connectivity index (χ2v) is 5.49. The van der Waals surface area contributed by atoms with Gasteiger partial charge in [0.15, 0.2) is 0 Å². The van der Waals surface area contributed by atoms with E-state index < -0.39 is 0 Å². The van der Waals surface area contributed by atoms with E-state index >= 15 is 0 Å². The van der Waals surface area contributed by atoms with Crippen molar-refractivity contribution < 1.29 is 0 Å². The molecule has 1 aromatic rings. The Morgan fingerprint density at radius 1 is 1.33 bits per heavy atom. The Balaban J connectivity index is 2.04.